The molecule has 0 fully saturated rings. The van der Waals surface area contributed by atoms with Crippen LogP contribution in [0.5, 0.6) is 0 Å². The molecule has 1 aromatic heterocycles. The number of benzene rings is 2. The van der Waals surface area contributed by atoms with Gasteiger partial charge in [0.15, 0.2) is 5.78 Å². The summed E-state index contributed by atoms with van der Waals surface area (Å²) in [5.74, 6) is -0.418. The van der Waals surface area contributed by atoms with Crippen molar-refractivity contribution in [2.45, 2.75) is 30.0 Å². The molecule has 0 bridgehead atoms. The largest absolute Gasteiger partial charge is 0.292 e. The van der Waals surface area contributed by atoms with Gasteiger partial charge in [0, 0.05) is 20.9 Å². The third-order valence-electron chi connectivity index (χ3n) is 4.39. The van der Waals surface area contributed by atoms with Crippen molar-refractivity contribution in [1.82, 2.24) is 3.96 Å². The van der Waals surface area contributed by atoms with Crippen LogP contribution in [0.4, 0.5) is 4.39 Å². The van der Waals surface area contributed by atoms with Crippen molar-refractivity contribution in [3.05, 3.63) is 69.4 Å². The molecule has 1 aliphatic rings. The fourth-order valence-corrected chi connectivity index (χ4v) is 6.07. The molecule has 26 heavy (non-hydrogen) atoms. The van der Waals surface area contributed by atoms with Crippen LogP contribution in [0.2, 0.25) is 0 Å². The van der Waals surface area contributed by atoms with Crippen molar-refractivity contribution in [3.63, 3.8) is 0 Å². The molecule has 132 valence electrons. The average molecular weight is 402 g/mol. The van der Waals surface area contributed by atoms with E-state index in [9.17, 15) is 9.18 Å². The number of carbonyl (C=O) groups is 1. The Morgan fingerprint density at radius 1 is 1.15 bits per heavy atom. The Balaban J connectivity index is 1.77. The summed E-state index contributed by atoms with van der Waals surface area (Å²) < 4.78 is 15.6. The molecule has 0 saturated heterocycles. The predicted octanol–water partition coefficient (Wildman–Crippen LogP) is 6.31. The molecular formula is C20H16FNOS3. The second kappa shape index (κ2) is 6.44. The summed E-state index contributed by atoms with van der Waals surface area (Å²) >= 11 is 9.11. The van der Waals surface area contributed by atoms with Gasteiger partial charge in [-0.05, 0) is 49.7 Å². The zero-order valence-electron chi connectivity index (χ0n) is 14.3. The van der Waals surface area contributed by atoms with Crippen LogP contribution in [0.1, 0.15) is 29.1 Å². The Hall–Kier alpha value is -1.76. The number of halogens is 1. The lowest BCUT2D eigenvalue weighted by molar-refractivity contribution is 0.0975. The summed E-state index contributed by atoms with van der Waals surface area (Å²) in [5, 5.41) is 0. The fraction of sp³-hybridized carbons (Fsp3) is 0.200. The van der Waals surface area contributed by atoms with Crippen molar-refractivity contribution < 1.29 is 9.18 Å². The zero-order chi connectivity index (χ0) is 18.5. The van der Waals surface area contributed by atoms with E-state index in [1.807, 2.05) is 27.9 Å². The highest BCUT2D eigenvalue weighted by molar-refractivity contribution is 8.00. The quantitative estimate of drug-likeness (QED) is 0.379. The van der Waals surface area contributed by atoms with E-state index in [0.717, 1.165) is 11.1 Å². The maximum atomic E-state index is 13.1. The van der Waals surface area contributed by atoms with Crippen LogP contribution in [0, 0.1) is 10.5 Å². The van der Waals surface area contributed by atoms with Crippen LogP contribution < -0.4 is 0 Å². The van der Waals surface area contributed by atoms with Gasteiger partial charge < -0.3 is 0 Å². The third kappa shape index (κ3) is 2.96. The van der Waals surface area contributed by atoms with Crippen molar-refractivity contribution in [2.75, 3.05) is 0 Å². The molecule has 2 heterocycles. The highest BCUT2D eigenvalue weighted by Crippen LogP contribution is 2.54. The first-order valence-electron chi connectivity index (χ1n) is 8.18. The minimum atomic E-state index is -0.347. The molecule has 0 spiro atoms. The standard InChI is InChI=1S/C20H16FNOS3/c1-20(2)18-17(14-5-3-4-6-16(14)25-20)19(24)22(26-18)11-15(23)12-7-9-13(21)10-8-12/h3-10H,11H2,1-2H3. The number of nitrogens with zero attached hydrogens (tertiary/aromatic N) is 1. The van der Waals surface area contributed by atoms with Crippen molar-refractivity contribution in [1.29, 1.82) is 0 Å². The summed E-state index contributed by atoms with van der Waals surface area (Å²) in [6.45, 7) is 4.54. The van der Waals surface area contributed by atoms with Gasteiger partial charge in [0.1, 0.15) is 10.5 Å². The van der Waals surface area contributed by atoms with E-state index < -0.39 is 0 Å². The number of carbonyl (C=O) groups excluding carboxylic acids is 1. The smallest absolute Gasteiger partial charge is 0.183 e. The number of hydrogen-bond acceptors (Lipinski definition) is 4. The van der Waals surface area contributed by atoms with E-state index in [-0.39, 0.29) is 22.9 Å². The second-order valence-corrected chi connectivity index (χ2v) is 9.76. The molecule has 6 heteroatoms. The summed E-state index contributed by atoms with van der Waals surface area (Å²) in [4.78, 5) is 15.0. The van der Waals surface area contributed by atoms with E-state index >= 15 is 0 Å². The summed E-state index contributed by atoms with van der Waals surface area (Å²) in [5.41, 5.74) is 2.70. The topological polar surface area (TPSA) is 22.0 Å². The summed E-state index contributed by atoms with van der Waals surface area (Å²) in [6, 6.07) is 13.9. The number of hydrogen-bond donors (Lipinski definition) is 0. The van der Waals surface area contributed by atoms with Crippen molar-refractivity contribution >= 4 is 41.3 Å². The molecular weight excluding hydrogens is 385 g/mol. The maximum Gasteiger partial charge on any atom is 0.183 e. The molecule has 0 unspecified atom stereocenters. The summed E-state index contributed by atoms with van der Waals surface area (Å²) in [6.07, 6.45) is 0. The Morgan fingerprint density at radius 3 is 2.58 bits per heavy atom. The monoisotopic (exact) mass is 401 g/mol. The van der Waals surface area contributed by atoms with E-state index in [1.165, 1.54) is 34.0 Å². The Morgan fingerprint density at radius 2 is 1.85 bits per heavy atom. The maximum absolute atomic E-state index is 13.1. The fourth-order valence-electron chi connectivity index (χ4n) is 3.11. The van der Waals surface area contributed by atoms with Gasteiger partial charge in [0.25, 0.3) is 0 Å². The van der Waals surface area contributed by atoms with Gasteiger partial charge in [0.2, 0.25) is 0 Å². The van der Waals surface area contributed by atoms with Crippen molar-refractivity contribution in [2.24, 2.45) is 0 Å². The number of thioether (sulfide) groups is 1. The minimum absolute atomic E-state index is 0.0709. The number of Topliss-reactive ketones (excluding diaryl/α,β-unsaturated/α-hetero) is 1. The average Bonchev–Trinajstić information content (AvgIpc) is 2.93. The van der Waals surface area contributed by atoms with Gasteiger partial charge in [-0.15, -0.1) is 11.8 Å². The lowest BCUT2D eigenvalue weighted by Gasteiger charge is -2.29. The van der Waals surface area contributed by atoms with Gasteiger partial charge >= 0.3 is 0 Å². The van der Waals surface area contributed by atoms with Crippen LogP contribution in [0.3, 0.4) is 0 Å². The lowest BCUT2D eigenvalue weighted by Crippen LogP contribution is -2.14. The molecule has 0 saturated carbocycles. The van der Waals surface area contributed by atoms with Crippen LogP contribution in [0.25, 0.3) is 11.1 Å². The summed E-state index contributed by atoms with van der Waals surface area (Å²) in [7, 11) is 0. The predicted molar refractivity (Wildman–Crippen MR) is 108 cm³/mol. The van der Waals surface area contributed by atoms with Crippen LogP contribution in [0.15, 0.2) is 53.4 Å². The van der Waals surface area contributed by atoms with Gasteiger partial charge in [-0.25, -0.2) is 4.39 Å². The lowest BCUT2D eigenvalue weighted by atomic mass is 10.0. The molecule has 0 atom stereocenters. The Bertz CT molecular complexity index is 1060. The minimum Gasteiger partial charge on any atom is -0.292 e. The van der Waals surface area contributed by atoms with E-state index in [0.29, 0.717) is 10.2 Å². The number of rotatable bonds is 3. The molecule has 3 aromatic rings. The van der Waals surface area contributed by atoms with Crippen LogP contribution in [-0.4, -0.2) is 9.74 Å². The molecule has 0 amide bonds. The van der Waals surface area contributed by atoms with E-state index in [2.05, 4.69) is 26.0 Å². The number of fused-ring (bicyclic) bond motifs is 3. The normalized spacial score (nSPS) is 14.6. The van der Waals surface area contributed by atoms with E-state index in [4.69, 9.17) is 12.2 Å². The van der Waals surface area contributed by atoms with Crippen LogP contribution >= 0.6 is 35.5 Å². The van der Waals surface area contributed by atoms with Gasteiger partial charge in [-0.1, -0.05) is 41.9 Å². The molecule has 0 aliphatic carbocycles. The van der Waals surface area contributed by atoms with Crippen molar-refractivity contribution in [3.8, 4) is 11.1 Å². The first-order valence-corrected chi connectivity index (χ1v) is 10.2. The SMILES string of the molecule is CC1(C)Sc2ccccc2-c2c1sn(CC(=O)c1ccc(F)cc1)c2=S. The van der Waals surface area contributed by atoms with Gasteiger partial charge in [0.05, 0.1) is 11.3 Å². The highest BCUT2D eigenvalue weighted by atomic mass is 32.2. The Kier molecular flexibility index (Phi) is 4.37. The van der Waals surface area contributed by atoms with E-state index in [1.54, 1.807) is 11.5 Å². The third-order valence-corrected chi connectivity index (χ3v) is 7.78. The molecule has 1 aliphatic heterocycles. The molecule has 4 rings (SSSR count). The highest BCUT2D eigenvalue weighted by Gasteiger charge is 2.35. The Labute approximate surface area is 164 Å². The first-order chi connectivity index (χ1) is 12.4. The molecule has 0 N–H and O–H groups in total. The second-order valence-electron chi connectivity index (χ2n) is 6.68. The first kappa shape index (κ1) is 17.6. The molecule has 2 nitrogen and oxygen atoms in total. The van der Waals surface area contributed by atoms with Gasteiger partial charge in [-0.2, -0.15) is 0 Å². The number of ketones is 1. The molecule has 2 aromatic carbocycles. The number of aromatic nitrogens is 1. The van der Waals surface area contributed by atoms with Gasteiger partial charge in [-0.3, -0.25) is 8.75 Å². The zero-order valence-corrected chi connectivity index (χ0v) is 16.7. The molecule has 0 radical (unpaired) electrons. The van der Waals surface area contributed by atoms with Crippen LogP contribution in [-0.2, 0) is 11.3 Å².